The van der Waals surface area contributed by atoms with E-state index in [1.807, 2.05) is 30.3 Å². The number of rotatable bonds is 9. The highest BCUT2D eigenvalue weighted by Gasteiger charge is 2.21. The second-order valence-electron chi connectivity index (χ2n) is 5.61. The van der Waals surface area contributed by atoms with Crippen molar-refractivity contribution in [1.82, 2.24) is 5.32 Å². The predicted molar refractivity (Wildman–Crippen MR) is 97.2 cm³/mol. The first-order valence-electron chi connectivity index (χ1n) is 8.30. The number of nitrogens with one attached hydrogen (secondary N) is 1. The number of esters is 1. The van der Waals surface area contributed by atoms with E-state index in [0.29, 0.717) is 12.2 Å². The standard InChI is InChI=1S/C20H23NO5/c1-24-16-8-10-17(11-9-16)26-13-12-19(22)21-18(20(23)25-2)14-15-6-4-3-5-7-15/h3-11,18H,12-14H2,1-2H3,(H,21,22). The highest BCUT2D eigenvalue weighted by Crippen LogP contribution is 2.17. The van der Waals surface area contributed by atoms with Crippen LogP contribution >= 0.6 is 0 Å². The second kappa shape index (κ2) is 10.1. The minimum atomic E-state index is -0.726. The molecular weight excluding hydrogens is 334 g/mol. The van der Waals surface area contributed by atoms with Gasteiger partial charge in [-0.1, -0.05) is 30.3 Å². The number of amides is 1. The largest absolute Gasteiger partial charge is 0.497 e. The SMILES string of the molecule is COC(=O)C(Cc1ccccc1)NC(=O)CCOc1ccc(OC)cc1. The Bertz CT molecular complexity index is 700. The summed E-state index contributed by atoms with van der Waals surface area (Å²) in [7, 11) is 2.90. The van der Waals surface area contributed by atoms with Crippen LogP contribution < -0.4 is 14.8 Å². The van der Waals surface area contributed by atoms with Gasteiger partial charge in [-0.05, 0) is 29.8 Å². The molecule has 1 unspecified atom stereocenters. The summed E-state index contributed by atoms with van der Waals surface area (Å²) >= 11 is 0. The van der Waals surface area contributed by atoms with Gasteiger partial charge in [0.2, 0.25) is 5.91 Å². The molecule has 2 rings (SSSR count). The molecule has 1 atom stereocenters. The zero-order valence-corrected chi connectivity index (χ0v) is 14.9. The van der Waals surface area contributed by atoms with Gasteiger partial charge in [0.25, 0.3) is 0 Å². The number of hydrogen-bond acceptors (Lipinski definition) is 5. The van der Waals surface area contributed by atoms with Gasteiger partial charge in [0.15, 0.2) is 0 Å². The molecule has 0 aromatic heterocycles. The summed E-state index contributed by atoms with van der Waals surface area (Å²) in [5.74, 6) is 0.632. The topological polar surface area (TPSA) is 73.9 Å². The molecule has 26 heavy (non-hydrogen) atoms. The van der Waals surface area contributed by atoms with Crippen LogP contribution in [0.5, 0.6) is 11.5 Å². The first kappa shape index (κ1) is 19.3. The van der Waals surface area contributed by atoms with Crippen LogP contribution in [-0.4, -0.2) is 38.7 Å². The third kappa shape index (κ3) is 6.12. The summed E-state index contributed by atoms with van der Waals surface area (Å²) in [6.45, 7) is 0.206. The molecule has 2 aromatic rings. The van der Waals surface area contributed by atoms with Gasteiger partial charge < -0.3 is 19.5 Å². The molecular formula is C20H23NO5. The Morgan fingerprint density at radius 2 is 1.62 bits per heavy atom. The maximum atomic E-state index is 12.1. The van der Waals surface area contributed by atoms with E-state index in [0.717, 1.165) is 11.3 Å². The lowest BCUT2D eigenvalue weighted by molar-refractivity contribution is -0.145. The first-order valence-corrected chi connectivity index (χ1v) is 8.30. The Morgan fingerprint density at radius 1 is 0.962 bits per heavy atom. The molecule has 6 heteroatoms. The molecule has 1 amide bonds. The van der Waals surface area contributed by atoms with Gasteiger partial charge in [-0.3, -0.25) is 4.79 Å². The van der Waals surface area contributed by atoms with E-state index >= 15 is 0 Å². The van der Waals surface area contributed by atoms with Gasteiger partial charge in [-0.2, -0.15) is 0 Å². The van der Waals surface area contributed by atoms with Crippen LogP contribution in [0.4, 0.5) is 0 Å². The Balaban J connectivity index is 1.83. The molecule has 138 valence electrons. The van der Waals surface area contributed by atoms with Crippen molar-refractivity contribution < 1.29 is 23.8 Å². The number of ether oxygens (including phenoxy) is 3. The zero-order chi connectivity index (χ0) is 18.8. The zero-order valence-electron chi connectivity index (χ0n) is 14.9. The third-order valence-electron chi connectivity index (χ3n) is 3.76. The van der Waals surface area contributed by atoms with Crippen molar-refractivity contribution >= 4 is 11.9 Å². The fourth-order valence-electron chi connectivity index (χ4n) is 2.39. The molecule has 0 aliphatic rings. The Morgan fingerprint density at radius 3 is 2.23 bits per heavy atom. The van der Waals surface area contributed by atoms with Crippen LogP contribution in [0, 0.1) is 0 Å². The van der Waals surface area contributed by atoms with Crippen molar-refractivity contribution in [3.63, 3.8) is 0 Å². The summed E-state index contributed by atoms with van der Waals surface area (Å²) in [6.07, 6.45) is 0.507. The summed E-state index contributed by atoms with van der Waals surface area (Å²) in [5.41, 5.74) is 0.942. The minimum absolute atomic E-state index is 0.133. The van der Waals surface area contributed by atoms with Gasteiger partial charge in [0, 0.05) is 6.42 Å². The van der Waals surface area contributed by atoms with Gasteiger partial charge in [0.05, 0.1) is 27.2 Å². The van der Waals surface area contributed by atoms with Gasteiger partial charge >= 0.3 is 5.97 Å². The number of carbonyl (C=O) groups excluding carboxylic acids is 2. The Kier molecular flexibility index (Phi) is 7.49. The average molecular weight is 357 g/mol. The summed E-state index contributed by atoms with van der Waals surface area (Å²) in [4.78, 5) is 24.1. The molecule has 0 saturated carbocycles. The highest BCUT2D eigenvalue weighted by molar-refractivity contribution is 5.84. The molecule has 0 fully saturated rings. The molecule has 6 nitrogen and oxygen atoms in total. The van der Waals surface area contributed by atoms with Crippen molar-refractivity contribution in [3.8, 4) is 11.5 Å². The summed E-state index contributed by atoms with van der Waals surface area (Å²) in [6, 6.07) is 15.8. The van der Waals surface area contributed by atoms with Crippen LogP contribution in [0.25, 0.3) is 0 Å². The molecule has 0 radical (unpaired) electrons. The van der Waals surface area contributed by atoms with Crippen molar-refractivity contribution in [1.29, 1.82) is 0 Å². The van der Waals surface area contributed by atoms with Crippen LogP contribution in [0.1, 0.15) is 12.0 Å². The Labute approximate surface area is 153 Å². The summed E-state index contributed by atoms with van der Waals surface area (Å²) in [5, 5.41) is 2.71. The molecule has 0 heterocycles. The lowest BCUT2D eigenvalue weighted by Crippen LogP contribution is -2.43. The molecule has 0 aliphatic heterocycles. The highest BCUT2D eigenvalue weighted by atomic mass is 16.5. The van der Waals surface area contributed by atoms with Gasteiger partial charge in [-0.15, -0.1) is 0 Å². The van der Waals surface area contributed by atoms with E-state index in [-0.39, 0.29) is 18.9 Å². The monoisotopic (exact) mass is 357 g/mol. The van der Waals surface area contributed by atoms with Crippen LogP contribution in [0.3, 0.4) is 0 Å². The molecule has 0 aliphatic carbocycles. The second-order valence-corrected chi connectivity index (χ2v) is 5.61. The molecule has 1 N–H and O–H groups in total. The van der Waals surface area contributed by atoms with E-state index in [4.69, 9.17) is 14.2 Å². The van der Waals surface area contributed by atoms with Crippen LogP contribution in [0.15, 0.2) is 54.6 Å². The normalized spacial score (nSPS) is 11.3. The van der Waals surface area contributed by atoms with E-state index in [1.54, 1.807) is 31.4 Å². The van der Waals surface area contributed by atoms with Crippen molar-refractivity contribution in [2.75, 3.05) is 20.8 Å². The molecule has 0 spiro atoms. The number of hydrogen-bond donors (Lipinski definition) is 1. The van der Waals surface area contributed by atoms with Gasteiger partial charge in [-0.25, -0.2) is 4.79 Å². The number of methoxy groups -OCH3 is 2. The smallest absolute Gasteiger partial charge is 0.328 e. The predicted octanol–water partition coefficient (Wildman–Crippen LogP) is 2.36. The first-order chi connectivity index (χ1) is 12.6. The average Bonchev–Trinajstić information content (AvgIpc) is 2.68. The van der Waals surface area contributed by atoms with Crippen LogP contribution in [-0.2, 0) is 20.7 Å². The number of benzene rings is 2. The van der Waals surface area contributed by atoms with Crippen LogP contribution in [0.2, 0.25) is 0 Å². The van der Waals surface area contributed by atoms with Crippen molar-refractivity contribution in [2.45, 2.75) is 18.9 Å². The van der Waals surface area contributed by atoms with E-state index < -0.39 is 12.0 Å². The van der Waals surface area contributed by atoms with Gasteiger partial charge in [0.1, 0.15) is 17.5 Å². The summed E-state index contributed by atoms with van der Waals surface area (Å²) < 4.78 is 15.4. The Hall–Kier alpha value is -3.02. The van der Waals surface area contributed by atoms with E-state index in [9.17, 15) is 9.59 Å². The minimum Gasteiger partial charge on any atom is -0.497 e. The molecule has 0 bridgehead atoms. The maximum Gasteiger partial charge on any atom is 0.328 e. The van der Waals surface area contributed by atoms with Crippen molar-refractivity contribution in [3.05, 3.63) is 60.2 Å². The molecule has 0 saturated heterocycles. The van der Waals surface area contributed by atoms with Crippen molar-refractivity contribution in [2.24, 2.45) is 0 Å². The lowest BCUT2D eigenvalue weighted by Gasteiger charge is -2.17. The quantitative estimate of drug-likeness (QED) is 0.698. The fraction of sp³-hybridized carbons (Fsp3) is 0.300. The third-order valence-corrected chi connectivity index (χ3v) is 3.76. The van der Waals surface area contributed by atoms with E-state index in [1.165, 1.54) is 7.11 Å². The lowest BCUT2D eigenvalue weighted by atomic mass is 10.1. The van der Waals surface area contributed by atoms with E-state index in [2.05, 4.69) is 5.32 Å². The molecule has 2 aromatic carbocycles. The number of carbonyl (C=O) groups is 2. The fourth-order valence-corrected chi connectivity index (χ4v) is 2.39. The maximum absolute atomic E-state index is 12.1.